The Morgan fingerprint density at radius 3 is 2.92 bits per heavy atom. The molecule has 1 saturated heterocycles. The van der Waals surface area contributed by atoms with E-state index in [1.807, 2.05) is 11.8 Å². The molecule has 1 rings (SSSR count). The van der Waals surface area contributed by atoms with Crippen LogP contribution in [-0.4, -0.2) is 42.1 Å². The monoisotopic (exact) mass is 202 g/mol. The molecule has 0 aliphatic carbocycles. The molecule has 1 atom stereocenters. The molecule has 0 aromatic heterocycles. The summed E-state index contributed by atoms with van der Waals surface area (Å²) in [6.45, 7) is 5.74. The summed E-state index contributed by atoms with van der Waals surface area (Å²) in [6.07, 6.45) is 4.21. The van der Waals surface area contributed by atoms with E-state index in [2.05, 4.69) is 11.8 Å². The second kappa shape index (κ2) is 6.68. The summed E-state index contributed by atoms with van der Waals surface area (Å²) in [5.41, 5.74) is 5.44. The molecule has 0 aromatic carbocycles. The topological polar surface area (TPSA) is 29.3 Å². The van der Waals surface area contributed by atoms with Crippen LogP contribution in [-0.2, 0) is 0 Å². The highest BCUT2D eigenvalue weighted by atomic mass is 32.2. The molecule has 1 heterocycles. The van der Waals surface area contributed by atoms with E-state index in [0.717, 1.165) is 18.3 Å². The molecule has 1 aliphatic rings. The van der Waals surface area contributed by atoms with Crippen LogP contribution in [0.4, 0.5) is 0 Å². The van der Waals surface area contributed by atoms with E-state index in [1.54, 1.807) is 0 Å². The van der Waals surface area contributed by atoms with Crippen LogP contribution < -0.4 is 5.73 Å². The lowest BCUT2D eigenvalue weighted by molar-refractivity contribution is 0.171. The van der Waals surface area contributed by atoms with Crippen molar-refractivity contribution in [1.29, 1.82) is 0 Å². The van der Waals surface area contributed by atoms with Gasteiger partial charge in [0, 0.05) is 30.6 Å². The Bertz CT molecular complexity index is 130. The molecule has 1 fully saturated rings. The Morgan fingerprint density at radius 2 is 2.23 bits per heavy atom. The molecule has 2 nitrogen and oxygen atoms in total. The van der Waals surface area contributed by atoms with Gasteiger partial charge in [0.1, 0.15) is 0 Å². The molecule has 1 aliphatic heterocycles. The standard InChI is InChI=1S/C10H22N2S/c1-10-4-2-3-6-12(10)7-9-13-8-5-11/h10H,2-9,11H2,1H3. The second-order valence-corrected chi connectivity index (χ2v) is 5.01. The summed E-state index contributed by atoms with van der Waals surface area (Å²) in [5.74, 6) is 2.36. The smallest absolute Gasteiger partial charge is 0.00752 e. The average Bonchev–Trinajstić information content (AvgIpc) is 2.15. The maximum Gasteiger partial charge on any atom is 0.00752 e. The number of rotatable bonds is 5. The molecular formula is C10H22N2S. The largest absolute Gasteiger partial charge is 0.330 e. The Labute approximate surface area is 86.2 Å². The van der Waals surface area contributed by atoms with Crippen molar-refractivity contribution in [3.05, 3.63) is 0 Å². The number of piperidine rings is 1. The summed E-state index contributed by atoms with van der Waals surface area (Å²) in [7, 11) is 0. The van der Waals surface area contributed by atoms with Gasteiger partial charge < -0.3 is 5.73 Å². The van der Waals surface area contributed by atoms with Crippen molar-refractivity contribution in [3.8, 4) is 0 Å². The van der Waals surface area contributed by atoms with Gasteiger partial charge in [0.25, 0.3) is 0 Å². The van der Waals surface area contributed by atoms with E-state index in [0.29, 0.717) is 0 Å². The number of nitrogens with two attached hydrogens (primary N) is 1. The van der Waals surface area contributed by atoms with Crippen LogP contribution in [0.2, 0.25) is 0 Å². The Hall–Kier alpha value is 0.270. The first-order valence-electron chi connectivity index (χ1n) is 5.36. The minimum absolute atomic E-state index is 0.812. The van der Waals surface area contributed by atoms with Crippen molar-refractivity contribution in [2.75, 3.05) is 31.1 Å². The molecule has 0 bridgehead atoms. The van der Waals surface area contributed by atoms with Crippen molar-refractivity contribution in [2.24, 2.45) is 5.73 Å². The van der Waals surface area contributed by atoms with Gasteiger partial charge in [0.15, 0.2) is 0 Å². The third kappa shape index (κ3) is 4.34. The fraction of sp³-hybridized carbons (Fsp3) is 1.00. The second-order valence-electron chi connectivity index (χ2n) is 3.78. The number of nitrogens with zero attached hydrogens (tertiary/aromatic N) is 1. The minimum atomic E-state index is 0.812. The van der Waals surface area contributed by atoms with Gasteiger partial charge in [0.2, 0.25) is 0 Å². The van der Waals surface area contributed by atoms with Gasteiger partial charge in [-0.1, -0.05) is 6.42 Å². The summed E-state index contributed by atoms with van der Waals surface area (Å²) in [6, 6.07) is 0.812. The van der Waals surface area contributed by atoms with Gasteiger partial charge in [-0.15, -0.1) is 0 Å². The molecule has 13 heavy (non-hydrogen) atoms. The van der Waals surface area contributed by atoms with Crippen LogP contribution in [0, 0.1) is 0 Å². The van der Waals surface area contributed by atoms with Gasteiger partial charge in [-0.25, -0.2) is 0 Å². The van der Waals surface area contributed by atoms with E-state index in [4.69, 9.17) is 5.73 Å². The van der Waals surface area contributed by atoms with Gasteiger partial charge in [0.05, 0.1) is 0 Å². The zero-order chi connectivity index (χ0) is 9.52. The average molecular weight is 202 g/mol. The lowest BCUT2D eigenvalue weighted by atomic mass is 10.0. The number of likely N-dealkylation sites (tertiary alicyclic amines) is 1. The predicted molar refractivity (Wildman–Crippen MR) is 61.3 cm³/mol. The van der Waals surface area contributed by atoms with E-state index in [9.17, 15) is 0 Å². The Morgan fingerprint density at radius 1 is 1.38 bits per heavy atom. The maximum atomic E-state index is 5.44. The van der Waals surface area contributed by atoms with Crippen LogP contribution in [0.1, 0.15) is 26.2 Å². The van der Waals surface area contributed by atoms with Gasteiger partial charge in [-0.2, -0.15) is 11.8 Å². The van der Waals surface area contributed by atoms with Crippen molar-refractivity contribution >= 4 is 11.8 Å². The van der Waals surface area contributed by atoms with Crippen LogP contribution in [0.5, 0.6) is 0 Å². The van der Waals surface area contributed by atoms with Crippen LogP contribution in [0.25, 0.3) is 0 Å². The van der Waals surface area contributed by atoms with Crippen LogP contribution in [0.15, 0.2) is 0 Å². The SMILES string of the molecule is CC1CCCCN1CCSCCN. The van der Waals surface area contributed by atoms with Gasteiger partial charge in [-0.05, 0) is 26.3 Å². The van der Waals surface area contributed by atoms with Crippen LogP contribution >= 0.6 is 11.8 Å². The highest BCUT2D eigenvalue weighted by molar-refractivity contribution is 7.99. The Kier molecular flexibility index (Phi) is 5.83. The summed E-state index contributed by atoms with van der Waals surface area (Å²) < 4.78 is 0. The van der Waals surface area contributed by atoms with Crippen LogP contribution in [0.3, 0.4) is 0 Å². The van der Waals surface area contributed by atoms with E-state index >= 15 is 0 Å². The highest BCUT2D eigenvalue weighted by Gasteiger charge is 2.16. The zero-order valence-corrected chi connectivity index (χ0v) is 9.48. The molecule has 0 spiro atoms. The van der Waals surface area contributed by atoms with Gasteiger partial charge in [-0.3, -0.25) is 4.90 Å². The van der Waals surface area contributed by atoms with Crippen molar-refractivity contribution in [2.45, 2.75) is 32.2 Å². The summed E-state index contributed by atoms with van der Waals surface area (Å²) >= 11 is 1.98. The normalized spacial score (nSPS) is 24.9. The summed E-state index contributed by atoms with van der Waals surface area (Å²) in [4.78, 5) is 2.62. The molecular weight excluding hydrogens is 180 g/mol. The molecule has 1 unspecified atom stereocenters. The maximum absolute atomic E-state index is 5.44. The van der Waals surface area contributed by atoms with Crippen molar-refractivity contribution < 1.29 is 0 Å². The predicted octanol–water partition coefficient (Wildman–Crippen LogP) is 1.55. The molecule has 2 N–H and O–H groups in total. The van der Waals surface area contributed by atoms with E-state index in [-0.39, 0.29) is 0 Å². The first-order chi connectivity index (χ1) is 6.34. The highest BCUT2D eigenvalue weighted by Crippen LogP contribution is 2.16. The number of thioether (sulfide) groups is 1. The third-order valence-electron chi connectivity index (χ3n) is 2.73. The molecule has 0 aromatic rings. The molecule has 0 radical (unpaired) electrons. The van der Waals surface area contributed by atoms with E-state index in [1.165, 1.54) is 38.1 Å². The Balaban J connectivity index is 2.05. The fourth-order valence-electron chi connectivity index (χ4n) is 1.86. The molecule has 0 amide bonds. The first kappa shape index (κ1) is 11.3. The lowest BCUT2D eigenvalue weighted by Crippen LogP contribution is -2.38. The zero-order valence-electron chi connectivity index (χ0n) is 8.67. The fourth-order valence-corrected chi connectivity index (χ4v) is 2.59. The summed E-state index contributed by atoms with van der Waals surface area (Å²) in [5, 5.41) is 0. The van der Waals surface area contributed by atoms with Crippen molar-refractivity contribution in [3.63, 3.8) is 0 Å². The lowest BCUT2D eigenvalue weighted by Gasteiger charge is -2.33. The van der Waals surface area contributed by atoms with Gasteiger partial charge >= 0.3 is 0 Å². The molecule has 3 heteroatoms. The minimum Gasteiger partial charge on any atom is -0.330 e. The first-order valence-corrected chi connectivity index (χ1v) is 6.52. The third-order valence-corrected chi connectivity index (χ3v) is 3.72. The number of hydrogen-bond donors (Lipinski definition) is 1. The molecule has 78 valence electrons. The quantitative estimate of drug-likeness (QED) is 0.686. The number of hydrogen-bond acceptors (Lipinski definition) is 3. The molecule has 0 saturated carbocycles. The van der Waals surface area contributed by atoms with Crippen molar-refractivity contribution in [1.82, 2.24) is 4.90 Å². The van der Waals surface area contributed by atoms with E-state index < -0.39 is 0 Å².